The molecule has 2 amide bonds. The number of amides is 2. The van der Waals surface area contributed by atoms with Crippen LogP contribution in [0.2, 0.25) is 0 Å². The maximum absolute atomic E-state index is 10.9. The lowest BCUT2D eigenvalue weighted by Crippen LogP contribution is -2.38. The van der Waals surface area contributed by atoms with E-state index in [1.54, 1.807) is 0 Å². The van der Waals surface area contributed by atoms with Crippen LogP contribution in [0.15, 0.2) is 12.7 Å². The summed E-state index contributed by atoms with van der Waals surface area (Å²) in [4.78, 5) is 21.4. The summed E-state index contributed by atoms with van der Waals surface area (Å²) >= 11 is 3.92. The highest BCUT2D eigenvalue weighted by Gasteiger charge is 1.98. The third-order valence-corrected chi connectivity index (χ3v) is 1.42. The molecule has 0 aliphatic heterocycles. The van der Waals surface area contributed by atoms with Gasteiger partial charge in [0.05, 0.1) is 6.54 Å². The maximum Gasteiger partial charge on any atom is 0.330 e. The zero-order valence-corrected chi connectivity index (χ0v) is 8.68. The first-order valence-corrected chi connectivity index (χ1v) is 4.75. The lowest BCUT2D eigenvalue weighted by molar-refractivity contribution is -0.137. The number of rotatable bonds is 6. The minimum absolute atomic E-state index is 0.138. The van der Waals surface area contributed by atoms with Crippen LogP contribution in [-0.2, 0) is 9.53 Å². The molecule has 14 heavy (non-hydrogen) atoms. The van der Waals surface area contributed by atoms with Crippen molar-refractivity contribution in [2.45, 2.75) is 0 Å². The van der Waals surface area contributed by atoms with Crippen molar-refractivity contribution in [1.82, 2.24) is 10.6 Å². The number of carbonyl (C=O) groups is 2. The predicted octanol–water partition coefficient (Wildman–Crippen LogP) is -0.0554. The zero-order chi connectivity index (χ0) is 10.8. The molecule has 0 aromatic rings. The molecule has 80 valence electrons. The van der Waals surface area contributed by atoms with Crippen LogP contribution in [0.4, 0.5) is 4.79 Å². The summed E-state index contributed by atoms with van der Waals surface area (Å²) in [6.07, 6.45) is 1.07. The van der Waals surface area contributed by atoms with E-state index in [4.69, 9.17) is 0 Å². The van der Waals surface area contributed by atoms with Crippen molar-refractivity contribution in [3.8, 4) is 0 Å². The fourth-order valence-electron chi connectivity index (χ4n) is 0.607. The Kier molecular flexibility index (Phi) is 7.72. The van der Waals surface area contributed by atoms with Gasteiger partial charge in [0, 0.05) is 18.4 Å². The van der Waals surface area contributed by atoms with Gasteiger partial charge >= 0.3 is 12.0 Å². The normalized spacial score (nSPS) is 8.93. The van der Waals surface area contributed by atoms with Gasteiger partial charge in [-0.05, 0) is 0 Å². The lowest BCUT2D eigenvalue weighted by Gasteiger charge is -2.06. The van der Waals surface area contributed by atoms with Crippen molar-refractivity contribution >= 4 is 24.6 Å². The second kappa shape index (κ2) is 8.43. The number of esters is 1. The molecule has 0 aliphatic carbocycles. The molecule has 0 heterocycles. The summed E-state index contributed by atoms with van der Waals surface area (Å²) in [6.45, 7) is 4.15. The van der Waals surface area contributed by atoms with Crippen molar-refractivity contribution in [2.75, 3.05) is 25.4 Å². The quantitative estimate of drug-likeness (QED) is 0.253. The number of ether oxygens (including phenoxy) is 1. The molecule has 0 unspecified atom stereocenters. The van der Waals surface area contributed by atoms with Gasteiger partial charge < -0.3 is 15.4 Å². The molecular formula is C8H14N2O3S. The smallest absolute Gasteiger partial charge is 0.330 e. The average Bonchev–Trinajstić information content (AvgIpc) is 2.21. The van der Waals surface area contributed by atoms with Crippen LogP contribution in [0, 0.1) is 0 Å². The van der Waals surface area contributed by atoms with E-state index in [9.17, 15) is 9.59 Å². The monoisotopic (exact) mass is 218 g/mol. The molecule has 0 spiro atoms. The van der Waals surface area contributed by atoms with Crippen LogP contribution in [0.3, 0.4) is 0 Å². The Morgan fingerprint density at radius 3 is 2.57 bits per heavy atom. The third-order valence-electron chi connectivity index (χ3n) is 1.20. The van der Waals surface area contributed by atoms with Gasteiger partial charge in [-0.3, -0.25) is 0 Å². The van der Waals surface area contributed by atoms with Crippen LogP contribution in [-0.4, -0.2) is 37.4 Å². The largest absolute Gasteiger partial charge is 0.461 e. The van der Waals surface area contributed by atoms with E-state index < -0.39 is 5.97 Å². The minimum Gasteiger partial charge on any atom is -0.461 e. The molecule has 0 bridgehead atoms. The molecule has 0 aromatic carbocycles. The van der Waals surface area contributed by atoms with Crippen molar-refractivity contribution < 1.29 is 14.3 Å². The SMILES string of the molecule is C=CC(=O)OCCNC(=O)NCCS. The van der Waals surface area contributed by atoms with Gasteiger partial charge in [-0.2, -0.15) is 12.6 Å². The number of nitrogens with one attached hydrogen (secondary N) is 2. The summed E-state index contributed by atoms with van der Waals surface area (Å²) in [6, 6.07) is -0.297. The molecule has 5 nitrogen and oxygen atoms in total. The Balaban J connectivity index is 3.31. The molecule has 0 aliphatic rings. The Labute approximate surface area is 88.3 Å². The highest BCUT2D eigenvalue weighted by molar-refractivity contribution is 7.80. The van der Waals surface area contributed by atoms with E-state index in [-0.39, 0.29) is 19.2 Å². The van der Waals surface area contributed by atoms with Gasteiger partial charge in [-0.15, -0.1) is 0 Å². The summed E-state index contributed by atoms with van der Waals surface area (Å²) in [5.74, 6) is 0.0846. The maximum atomic E-state index is 10.9. The number of hydrogen-bond acceptors (Lipinski definition) is 4. The molecule has 0 fully saturated rings. The topological polar surface area (TPSA) is 67.4 Å². The molecular weight excluding hydrogens is 204 g/mol. The van der Waals surface area contributed by atoms with E-state index in [1.807, 2.05) is 0 Å². The van der Waals surface area contributed by atoms with E-state index in [1.165, 1.54) is 0 Å². The van der Waals surface area contributed by atoms with Crippen LogP contribution >= 0.6 is 12.6 Å². The Bertz CT molecular complexity index is 209. The standard InChI is InChI=1S/C8H14N2O3S/c1-2-7(11)13-5-3-9-8(12)10-4-6-14/h2,14H,1,3-6H2,(H2,9,10,12). The predicted molar refractivity (Wildman–Crippen MR) is 56.4 cm³/mol. The van der Waals surface area contributed by atoms with Crippen LogP contribution < -0.4 is 10.6 Å². The van der Waals surface area contributed by atoms with Crippen molar-refractivity contribution in [2.24, 2.45) is 0 Å². The molecule has 0 aromatic heterocycles. The summed E-state index contributed by atoms with van der Waals surface area (Å²) < 4.78 is 4.63. The first-order valence-electron chi connectivity index (χ1n) is 4.12. The number of hydrogen-bond donors (Lipinski definition) is 3. The van der Waals surface area contributed by atoms with Gasteiger partial charge in [0.15, 0.2) is 0 Å². The van der Waals surface area contributed by atoms with E-state index in [0.717, 1.165) is 6.08 Å². The fraction of sp³-hybridized carbons (Fsp3) is 0.500. The molecule has 6 heteroatoms. The van der Waals surface area contributed by atoms with Gasteiger partial charge in [-0.25, -0.2) is 9.59 Å². The van der Waals surface area contributed by atoms with Crippen molar-refractivity contribution in [3.05, 3.63) is 12.7 Å². The fourth-order valence-corrected chi connectivity index (χ4v) is 0.719. The zero-order valence-electron chi connectivity index (χ0n) is 7.78. The van der Waals surface area contributed by atoms with E-state index in [2.05, 4.69) is 34.6 Å². The number of thiol groups is 1. The van der Waals surface area contributed by atoms with Gasteiger partial charge in [0.25, 0.3) is 0 Å². The molecule has 2 N–H and O–H groups in total. The molecule has 0 saturated heterocycles. The van der Waals surface area contributed by atoms with E-state index in [0.29, 0.717) is 12.3 Å². The first-order chi connectivity index (χ1) is 6.70. The molecule has 0 radical (unpaired) electrons. The average molecular weight is 218 g/mol. The number of carbonyl (C=O) groups excluding carboxylic acids is 2. The molecule has 0 rings (SSSR count). The van der Waals surface area contributed by atoms with Gasteiger partial charge in [-0.1, -0.05) is 6.58 Å². The van der Waals surface area contributed by atoms with E-state index >= 15 is 0 Å². The minimum atomic E-state index is -0.498. The highest BCUT2D eigenvalue weighted by Crippen LogP contribution is 1.77. The number of urea groups is 1. The second-order valence-electron chi connectivity index (χ2n) is 2.28. The van der Waals surface area contributed by atoms with Crippen LogP contribution in [0.5, 0.6) is 0 Å². The lowest BCUT2D eigenvalue weighted by atomic mass is 10.6. The Morgan fingerprint density at radius 2 is 2.00 bits per heavy atom. The van der Waals surface area contributed by atoms with Crippen molar-refractivity contribution in [3.63, 3.8) is 0 Å². The summed E-state index contributed by atoms with van der Waals surface area (Å²) in [7, 11) is 0. The Hall–Kier alpha value is -1.17. The third kappa shape index (κ3) is 7.48. The second-order valence-corrected chi connectivity index (χ2v) is 2.73. The first kappa shape index (κ1) is 12.8. The van der Waals surface area contributed by atoms with Crippen molar-refractivity contribution in [1.29, 1.82) is 0 Å². The van der Waals surface area contributed by atoms with Crippen LogP contribution in [0.1, 0.15) is 0 Å². The van der Waals surface area contributed by atoms with Crippen LogP contribution in [0.25, 0.3) is 0 Å². The molecule has 0 saturated carbocycles. The highest BCUT2D eigenvalue weighted by atomic mass is 32.1. The van der Waals surface area contributed by atoms with Gasteiger partial charge in [0.2, 0.25) is 0 Å². The summed E-state index contributed by atoms with van der Waals surface area (Å²) in [5.41, 5.74) is 0. The Morgan fingerprint density at radius 1 is 1.36 bits per heavy atom. The summed E-state index contributed by atoms with van der Waals surface area (Å²) in [5, 5.41) is 5.05. The van der Waals surface area contributed by atoms with Gasteiger partial charge in [0.1, 0.15) is 6.61 Å². The molecule has 0 atom stereocenters.